The van der Waals surface area contributed by atoms with Gasteiger partial charge in [0, 0.05) is 19.5 Å². The van der Waals surface area contributed by atoms with Crippen molar-refractivity contribution >= 4 is 65.2 Å². The molecule has 7 amide bonds. The van der Waals surface area contributed by atoms with Crippen LogP contribution >= 0.6 is 0 Å². The summed E-state index contributed by atoms with van der Waals surface area (Å²) in [5, 5.41) is 33.4. The lowest BCUT2D eigenvalue weighted by Gasteiger charge is -2.29. The Hall–Kier alpha value is -6.27. The van der Waals surface area contributed by atoms with Crippen LogP contribution in [0.2, 0.25) is 0 Å². The van der Waals surface area contributed by atoms with Crippen molar-refractivity contribution < 1.29 is 53.4 Å². The fraction of sp³-hybridized carbons (Fsp3) is 0.694. The molecule has 25 heteroatoms. The first-order valence-corrected chi connectivity index (χ1v) is 19.8. The van der Waals surface area contributed by atoms with E-state index in [0.29, 0.717) is 6.42 Å². The lowest BCUT2D eigenvalue weighted by Crippen LogP contribution is -2.60. The van der Waals surface area contributed by atoms with Crippen molar-refractivity contribution in [2.45, 2.75) is 135 Å². The molecule has 8 atom stereocenters. The molecule has 0 aliphatic heterocycles. The number of amides is 7. The zero-order valence-corrected chi connectivity index (χ0v) is 35.4. The molecule has 25 nitrogen and oxygen atoms in total. The van der Waals surface area contributed by atoms with Crippen LogP contribution in [0, 0.1) is 11.8 Å². The third kappa shape index (κ3) is 23.2. The topological polar surface area (TPSA) is 447 Å². The Morgan fingerprint density at radius 3 is 1.39 bits per heavy atom. The fourth-order valence-corrected chi connectivity index (χ4v) is 5.52. The zero-order valence-electron chi connectivity index (χ0n) is 35.4. The van der Waals surface area contributed by atoms with E-state index in [1.165, 1.54) is 6.92 Å². The number of carboxylic acids is 2. The molecule has 0 heterocycles. The number of nitrogens with one attached hydrogen (secondary N) is 6. The van der Waals surface area contributed by atoms with Crippen LogP contribution in [0.3, 0.4) is 0 Å². The Bertz CT molecular complexity index is 1580. The van der Waals surface area contributed by atoms with Crippen molar-refractivity contribution in [3.05, 3.63) is 0 Å². The van der Waals surface area contributed by atoms with Gasteiger partial charge in [-0.15, -0.1) is 0 Å². The van der Waals surface area contributed by atoms with E-state index >= 15 is 0 Å². The van der Waals surface area contributed by atoms with Crippen LogP contribution in [0.15, 0.2) is 9.98 Å². The number of hydrogen-bond acceptors (Lipinski definition) is 12. The minimum atomic E-state index is -1.70. The van der Waals surface area contributed by atoms with Crippen molar-refractivity contribution in [3.63, 3.8) is 0 Å². The van der Waals surface area contributed by atoms with Crippen LogP contribution in [0.25, 0.3) is 0 Å². The van der Waals surface area contributed by atoms with Crippen LogP contribution < -0.4 is 66.3 Å². The van der Waals surface area contributed by atoms with E-state index in [9.17, 15) is 48.3 Å². The molecular weight excluding hydrogens is 804 g/mol. The molecule has 346 valence electrons. The first kappa shape index (κ1) is 54.7. The van der Waals surface area contributed by atoms with Crippen molar-refractivity contribution in [1.29, 1.82) is 0 Å². The van der Waals surface area contributed by atoms with Crippen LogP contribution in [-0.4, -0.2) is 131 Å². The number of carbonyl (C=O) groups excluding carboxylic acids is 7. The van der Waals surface area contributed by atoms with Gasteiger partial charge in [-0.1, -0.05) is 34.1 Å². The van der Waals surface area contributed by atoms with Crippen LogP contribution in [0.5, 0.6) is 0 Å². The van der Waals surface area contributed by atoms with Gasteiger partial charge >= 0.3 is 11.9 Å². The van der Waals surface area contributed by atoms with E-state index in [-0.39, 0.29) is 63.0 Å². The number of aliphatic carboxylic acids is 2. The molecule has 0 unspecified atom stereocenters. The van der Waals surface area contributed by atoms with Gasteiger partial charge in [-0.3, -0.25) is 48.3 Å². The second-order valence-electron chi connectivity index (χ2n) is 14.9. The van der Waals surface area contributed by atoms with E-state index in [2.05, 4.69) is 41.9 Å². The molecule has 0 saturated carbocycles. The first-order valence-electron chi connectivity index (χ1n) is 19.8. The summed E-state index contributed by atoms with van der Waals surface area (Å²) in [6, 6.07) is -9.60. The minimum Gasteiger partial charge on any atom is -0.481 e. The number of carbonyl (C=O) groups is 9. The van der Waals surface area contributed by atoms with E-state index in [1.54, 1.807) is 27.7 Å². The Balaban J connectivity index is 6.61. The van der Waals surface area contributed by atoms with E-state index in [1.807, 2.05) is 0 Å². The van der Waals surface area contributed by atoms with E-state index in [0.717, 1.165) is 0 Å². The molecule has 0 aliphatic carbocycles. The molecule has 0 radical (unpaired) electrons. The Morgan fingerprint density at radius 2 is 0.984 bits per heavy atom. The molecule has 0 aromatic rings. The summed E-state index contributed by atoms with van der Waals surface area (Å²) >= 11 is 0. The maximum Gasteiger partial charge on any atom is 0.326 e. The number of rotatable bonds is 30. The number of aliphatic imine (C=N–C) groups is 2. The number of carboxylic acid groups (broad SMARTS) is 2. The van der Waals surface area contributed by atoms with E-state index < -0.39 is 121 Å². The lowest BCUT2D eigenvalue weighted by molar-refractivity contribution is -0.143. The SMILES string of the molecule is CC[C@H](C)[C@H](NC(=O)[C@H](C)N)C(=O)N[C@@H](CCCN=C(N)N)C(=O)N[C@@H](CC(N)=O)C(=O)N[C@@H](CC(C)C)C(=O)N[C@@H](CCCN=C(N)N)C(=O)N[C@@H](CCC(=O)O)C(=O)O. The van der Waals surface area contributed by atoms with Crippen LogP contribution in [0.4, 0.5) is 0 Å². The molecule has 0 aromatic carbocycles. The van der Waals surface area contributed by atoms with Crippen molar-refractivity contribution in [1.82, 2.24) is 31.9 Å². The van der Waals surface area contributed by atoms with Gasteiger partial charge in [0.25, 0.3) is 0 Å². The van der Waals surface area contributed by atoms with Crippen molar-refractivity contribution in [2.75, 3.05) is 13.1 Å². The van der Waals surface area contributed by atoms with Gasteiger partial charge in [0.2, 0.25) is 41.4 Å². The normalized spacial score (nSPS) is 14.8. The van der Waals surface area contributed by atoms with Gasteiger partial charge in [0.05, 0.1) is 12.5 Å². The fourth-order valence-electron chi connectivity index (χ4n) is 5.52. The largest absolute Gasteiger partial charge is 0.481 e. The Kier molecular flexibility index (Phi) is 25.3. The quantitative estimate of drug-likeness (QED) is 0.0183. The molecule has 0 bridgehead atoms. The number of hydrogen-bond donors (Lipinski definition) is 14. The number of nitrogens with two attached hydrogens (primary N) is 6. The third-order valence-electron chi connectivity index (χ3n) is 9.00. The number of guanidine groups is 2. The summed E-state index contributed by atoms with van der Waals surface area (Å²) in [5.74, 6) is -10.3. The zero-order chi connectivity index (χ0) is 47.0. The van der Waals surface area contributed by atoms with Crippen molar-refractivity contribution in [3.8, 4) is 0 Å². The molecule has 0 saturated heterocycles. The summed E-state index contributed by atoms with van der Waals surface area (Å²) in [6.45, 7) is 8.40. The molecule has 0 spiro atoms. The molecule has 61 heavy (non-hydrogen) atoms. The van der Waals surface area contributed by atoms with Gasteiger partial charge in [-0.25, -0.2) is 4.79 Å². The monoisotopic (exact) mass is 871 g/mol. The maximum absolute atomic E-state index is 13.8. The average Bonchev–Trinajstić information content (AvgIpc) is 3.15. The smallest absolute Gasteiger partial charge is 0.326 e. The average molecular weight is 871 g/mol. The van der Waals surface area contributed by atoms with Crippen LogP contribution in [-0.2, 0) is 43.2 Å². The Morgan fingerprint density at radius 1 is 0.557 bits per heavy atom. The van der Waals surface area contributed by atoms with Gasteiger partial charge in [0.15, 0.2) is 11.9 Å². The van der Waals surface area contributed by atoms with Gasteiger partial charge < -0.3 is 76.5 Å². The van der Waals surface area contributed by atoms with Gasteiger partial charge in [0.1, 0.15) is 36.3 Å². The highest BCUT2D eigenvalue weighted by Crippen LogP contribution is 2.12. The predicted molar refractivity (Wildman–Crippen MR) is 222 cm³/mol. The summed E-state index contributed by atoms with van der Waals surface area (Å²) in [5.41, 5.74) is 32.7. The molecule has 0 rings (SSSR count). The molecule has 20 N–H and O–H groups in total. The second kappa shape index (κ2) is 28.2. The molecule has 0 fully saturated rings. The lowest BCUT2D eigenvalue weighted by atomic mass is 9.97. The molecule has 0 aromatic heterocycles. The third-order valence-corrected chi connectivity index (χ3v) is 9.00. The number of nitrogens with zero attached hydrogens (tertiary/aromatic N) is 2. The van der Waals surface area contributed by atoms with Gasteiger partial charge in [-0.2, -0.15) is 0 Å². The minimum absolute atomic E-state index is 0.0135. The van der Waals surface area contributed by atoms with Crippen molar-refractivity contribution in [2.24, 2.45) is 56.2 Å². The summed E-state index contributed by atoms with van der Waals surface area (Å²) in [6.07, 6.45) is -1.36. The van der Waals surface area contributed by atoms with E-state index in [4.69, 9.17) is 39.5 Å². The predicted octanol–water partition coefficient (Wildman–Crippen LogP) is -4.73. The standard InChI is InChI=1S/C36H66N14O11/c1-6-18(4)27(50-28(54)19(5)37)33(59)46-21(10-8-14-44-36(41)42)30(56)49-24(16-25(38)51)32(58)48-23(15-17(2)3)31(57)45-20(9-7-13-43-35(39)40)29(55)47-22(34(60)61)11-12-26(52)53/h17-24,27H,6-16,37H2,1-5H3,(H2,38,51)(H,45,57)(H,46,59)(H,47,55)(H,48,58)(H,49,56)(H,50,54)(H,52,53)(H,60,61)(H4,39,40,43)(H4,41,42,44)/t18-,19-,20-,21-,22-,23-,24-,27-/m0/s1. The second-order valence-corrected chi connectivity index (χ2v) is 14.9. The molecule has 0 aliphatic rings. The summed E-state index contributed by atoms with van der Waals surface area (Å²) in [7, 11) is 0. The number of primary amides is 1. The summed E-state index contributed by atoms with van der Waals surface area (Å²) in [4.78, 5) is 124. The Labute approximate surface area is 354 Å². The first-order chi connectivity index (χ1) is 28.4. The maximum atomic E-state index is 13.8. The van der Waals surface area contributed by atoms with Gasteiger partial charge in [-0.05, 0) is 57.3 Å². The highest BCUT2D eigenvalue weighted by molar-refractivity contribution is 5.98. The molecular formula is C36H66N14O11. The van der Waals surface area contributed by atoms with Crippen LogP contribution in [0.1, 0.15) is 92.4 Å². The highest BCUT2D eigenvalue weighted by Gasteiger charge is 2.35. The highest BCUT2D eigenvalue weighted by atomic mass is 16.4. The summed E-state index contributed by atoms with van der Waals surface area (Å²) < 4.78 is 0.